The van der Waals surface area contributed by atoms with E-state index in [0.717, 1.165) is 10.8 Å². The highest BCUT2D eigenvalue weighted by molar-refractivity contribution is 6.74. The van der Waals surface area contributed by atoms with Gasteiger partial charge in [-0.2, -0.15) is 0 Å². The Morgan fingerprint density at radius 1 is 1.06 bits per heavy atom. The predicted molar refractivity (Wildman–Crippen MR) is 183 cm³/mol. The standard InChI is InChI=1S/C35H47N3O8Si/c1-33(2,3)45-32(41)37-21-26(46-47(8,9)34(4,5)6)19-35(37,7)30-28-13-11-10-12-27(28)24(18-29(30)39)20-36-31(40)44-22-23-14-16-25(17-15-23)38(42)43/h10-18,26,39H,19-22H2,1-9H3,(H,36,40)/t26-,35+/m1/s1. The van der Waals surface area contributed by atoms with E-state index in [0.29, 0.717) is 29.7 Å². The van der Waals surface area contributed by atoms with Gasteiger partial charge in [-0.1, -0.05) is 45.0 Å². The van der Waals surface area contributed by atoms with Gasteiger partial charge in [-0.25, -0.2) is 9.59 Å². The Hall–Kier alpha value is -4.16. The second-order valence-corrected chi connectivity index (χ2v) is 19.7. The number of carbonyl (C=O) groups excluding carboxylic acids is 2. The Bertz CT molecular complexity index is 1650. The second kappa shape index (κ2) is 13.2. The molecule has 12 heteroatoms. The van der Waals surface area contributed by atoms with E-state index in [2.05, 4.69) is 39.2 Å². The Labute approximate surface area is 277 Å². The minimum absolute atomic E-state index is 0.0104. The number of hydrogen-bond donors (Lipinski definition) is 2. The molecule has 0 radical (unpaired) electrons. The lowest BCUT2D eigenvalue weighted by Crippen LogP contribution is -2.46. The van der Waals surface area contributed by atoms with Gasteiger partial charge in [0.1, 0.15) is 18.0 Å². The topological polar surface area (TPSA) is 140 Å². The average molecular weight is 666 g/mol. The van der Waals surface area contributed by atoms with E-state index in [1.165, 1.54) is 24.3 Å². The predicted octanol–water partition coefficient (Wildman–Crippen LogP) is 8.13. The zero-order chi connectivity index (χ0) is 34.9. The Kier molecular flexibility index (Phi) is 9.99. The molecule has 1 aliphatic rings. The highest BCUT2D eigenvalue weighted by Gasteiger charge is 2.52. The molecular formula is C35H47N3O8Si. The summed E-state index contributed by atoms with van der Waals surface area (Å²) in [5.74, 6) is -0.0104. The molecule has 0 aliphatic carbocycles. The first-order chi connectivity index (χ1) is 21.7. The summed E-state index contributed by atoms with van der Waals surface area (Å²) in [5.41, 5.74) is 0.122. The van der Waals surface area contributed by atoms with E-state index in [1.807, 2.05) is 52.0 Å². The van der Waals surface area contributed by atoms with Crippen molar-refractivity contribution in [3.05, 3.63) is 81.4 Å². The van der Waals surface area contributed by atoms with Gasteiger partial charge in [-0.05, 0) is 85.9 Å². The molecule has 2 N–H and O–H groups in total. The third-order valence-electron chi connectivity index (χ3n) is 9.08. The molecule has 47 heavy (non-hydrogen) atoms. The molecule has 0 bridgehead atoms. The van der Waals surface area contributed by atoms with Crippen LogP contribution in [0, 0.1) is 10.1 Å². The number of benzene rings is 3. The first kappa shape index (κ1) is 35.7. The van der Waals surface area contributed by atoms with Gasteiger partial charge < -0.3 is 24.3 Å². The summed E-state index contributed by atoms with van der Waals surface area (Å²) in [6, 6.07) is 15.0. The Morgan fingerprint density at radius 2 is 1.68 bits per heavy atom. The van der Waals surface area contributed by atoms with Crippen LogP contribution in [0.15, 0.2) is 54.6 Å². The number of hydrogen-bond acceptors (Lipinski definition) is 8. The number of fused-ring (bicyclic) bond motifs is 1. The summed E-state index contributed by atoms with van der Waals surface area (Å²) < 4.78 is 18.0. The number of alkyl carbamates (subject to hydrolysis) is 1. The minimum atomic E-state index is -2.20. The van der Waals surface area contributed by atoms with Crippen LogP contribution in [-0.4, -0.2) is 53.7 Å². The van der Waals surface area contributed by atoms with Gasteiger partial charge in [0.2, 0.25) is 0 Å². The van der Waals surface area contributed by atoms with Crippen LogP contribution in [0.4, 0.5) is 15.3 Å². The zero-order valence-corrected chi connectivity index (χ0v) is 29.8. The third-order valence-corrected chi connectivity index (χ3v) is 13.6. The number of rotatable bonds is 8. The average Bonchev–Trinajstić information content (AvgIpc) is 3.29. The third kappa shape index (κ3) is 8.05. The monoisotopic (exact) mass is 665 g/mol. The van der Waals surface area contributed by atoms with Crippen LogP contribution in [-0.2, 0) is 32.6 Å². The van der Waals surface area contributed by atoms with Gasteiger partial charge in [-0.15, -0.1) is 0 Å². The SMILES string of the molecule is CC(C)(C)OC(=O)N1C[C@H](O[Si](C)(C)C(C)(C)C)C[C@@]1(C)c1c(O)cc(CNC(=O)OCc2ccc([N+](=O)[O-])cc2)c2ccccc12. The summed E-state index contributed by atoms with van der Waals surface area (Å²) in [7, 11) is -2.20. The number of nitro benzene ring substituents is 1. The molecule has 3 aromatic carbocycles. The largest absolute Gasteiger partial charge is 0.508 e. The fraction of sp³-hybridized carbons (Fsp3) is 0.486. The van der Waals surface area contributed by atoms with Crippen molar-refractivity contribution in [3.63, 3.8) is 0 Å². The number of carbonyl (C=O) groups is 2. The van der Waals surface area contributed by atoms with Crippen LogP contribution < -0.4 is 5.32 Å². The lowest BCUT2D eigenvalue weighted by atomic mass is 9.83. The maximum atomic E-state index is 13.7. The van der Waals surface area contributed by atoms with E-state index in [1.54, 1.807) is 11.0 Å². The number of nitrogens with zero attached hydrogens (tertiary/aromatic N) is 2. The summed E-state index contributed by atoms with van der Waals surface area (Å²) in [6.07, 6.45) is -0.965. The number of aromatic hydroxyl groups is 1. The fourth-order valence-electron chi connectivity index (χ4n) is 5.75. The van der Waals surface area contributed by atoms with Gasteiger partial charge in [0.15, 0.2) is 8.32 Å². The first-order valence-corrected chi connectivity index (χ1v) is 18.7. The summed E-state index contributed by atoms with van der Waals surface area (Å²) >= 11 is 0. The molecular weight excluding hydrogens is 618 g/mol. The number of phenols is 1. The van der Waals surface area contributed by atoms with Crippen LogP contribution in [0.1, 0.15) is 71.6 Å². The minimum Gasteiger partial charge on any atom is -0.508 e. The van der Waals surface area contributed by atoms with Gasteiger partial charge >= 0.3 is 12.2 Å². The van der Waals surface area contributed by atoms with Crippen LogP contribution in [0.5, 0.6) is 5.75 Å². The van der Waals surface area contributed by atoms with Gasteiger partial charge in [0, 0.05) is 37.2 Å². The Morgan fingerprint density at radius 3 is 2.26 bits per heavy atom. The van der Waals surface area contributed by atoms with E-state index in [9.17, 15) is 24.8 Å². The number of amides is 2. The van der Waals surface area contributed by atoms with Crippen LogP contribution in [0.25, 0.3) is 10.8 Å². The van der Waals surface area contributed by atoms with Crippen LogP contribution in [0.3, 0.4) is 0 Å². The van der Waals surface area contributed by atoms with E-state index in [-0.39, 0.29) is 35.7 Å². The van der Waals surface area contributed by atoms with Crippen molar-refractivity contribution in [3.8, 4) is 5.75 Å². The van der Waals surface area contributed by atoms with Crippen LogP contribution >= 0.6 is 0 Å². The summed E-state index contributed by atoms with van der Waals surface area (Å²) in [5, 5.41) is 26.8. The molecule has 2 atom stereocenters. The maximum absolute atomic E-state index is 13.7. The fourth-order valence-corrected chi connectivity index (χ4v) is 7.10. The molecule has 11 nitrogen and oxygen atoms in total. The lowest BCUT2D eigenvalue weighted by molar-refractivity contribution is -0.384. The molecule has 0 unspecified atom stereocenters. The zero-order valence-electron chi connectivity index (χ0n) is 28.8. The molecule has 254 valence electrons. The van der Waals surface area contributed by atoms with Crippen LogP contribution in [0.2, 0.25) is 18.1 Å². The van der Waals surface area contributed by atoms with Crippen molar-refractivity contribution in [1.29, 1.82) is 0 Å². The lowest BCUT2D eigenvalue weighted by Gasteiger charge is -2.38. The van der Waals surface area contributed by atoms with Crippen molar-refractivity contribution >= 4 is 37.0 Å². The molecule has 3 aromatic rings. The smallest absolute Gasteiger partial charge is 0.411 e. The van der Waals surface area contributed by atoms with Crippen molar-refractivity contribution in [1.82, 2.24) is 10.2 Å². The molecule has 4 rings (SSSR count). The highest BCUT2D eigenvalue weighted by atomic mass is 28.4. The van der Waals surface area contributed by atoms with Crippen molar-refractivity contribution in [2.45, 2.75) is 103 Å². The van der Waals surface area contributed by atoms with Crippen molar-refractivity contribution < 1.29 is 33.5 Å². The molecule has 1 aliphatic heterocycles. The van der Waals surface area contributed by atoms with E-state index < -0.39 is 36.6 Å². The van der Waals surface area contributed by atoms with Gasteiger partial charge in [0.25, 0.3) is 5.69 Å². The molecule has 1 saturated heterocycles. The van der Waals surface area contributed by atoms with Crippen molar-refractivity contribution in [2.75, 3.05) is 6.54 Å². The van der Waals surface area contributed by atoms with Gasteiger partial charge in [-0.3, -0.25) is 15.0 Å². The number of ether oxygens (including phenoxy) is 2. The maximum Gasteiger partial charge on any atom is 0.411 e. The molecule has 0 aromatic heterocycles. The first-order valence-electron chi connectivity index (χ1n) is 15.8. The van der Waals surface area contributed by atoms with Crippen molar-refractivity contribution in [2.24, 2.45) is 0 Å². The van der Waals surface area contributed by atoms with E-state index >= 15 is 0 Å². The number of likely N-dealkylation sites (tertiary alicyclic amines) is 1. The number of phenolic OH excluding ortho intramolecular Hbond substituents is 1. The Balaban J connectivity index is 1.63. The van der Waals surface area contributed by atoms with E-state index in [4.69, 9.17) is 13.9 Å². The molecule has 2 amide bonds. The highest BCUT2D eigenvalue weighted by Crippen LogP contribution is 2.49. The number of non-ortho nitro benzene ring substituents is 1. The molecule has 1 heterocycles. The molecule has 0 spiro atoms. The quantitative estimate of drug-likeness (QED) is 0.140. The summed E-state index contributed by atoms with van der Waals surface area (Å²) in [4.78, 5) is 38.4. The van der Waals surface area contributed by atoms with Gasteiger partial charge in [0.05, 0.1) is 16.6 Å². The number of nitrogens with one attached hydrogen (secondary N) is 1. The normalized spacial score (nSPS) is 18.7. The molecule has 0 saturated carbocycles. The number of nitro groups is 1. The molecule has 1 fully saturated rings. The second-order valence-electron chi connectivity index (χ2n) is 14.9. The summed E-state index contributed by atoms with van der Waals surface area (Å²) in [6.45, 7) is 18.6.